The Kier molecular flexibility index (Phi) is 6.97. The predicted molar refractivity (Wildman–Crippen MR) is 74.2 cm³/mol. The number of Topliss-reactive ketones (excluding diaryl/α,β-unsaturated/α-hetero) is 1. The minimum Gasteiger partial charge on any atom is -0.438 e. The van der Waals surface area contributed by atoms with Crippen LogP contribution in [-0.2, 0) is 16.0 Å². The fourth-order valence-electron chi connectivity index (χ4n) is 1.82. The number of nitrogens with two attached hydrogens (primary N) is 1. The van der Waals surface area contributed by atoms with Gasteiger partial charge in [-0.2, -0.15) is 0 Å². The Morgan fingerprint density at radius 1 is 1.21 bits per heavy atom. The standard InChI is InChI=1S/C14H18ClNO3/c15-10-12(17)13(19-14(16)18)9-5-4-8-11-6-2-1-3-7-11/h1-3,6-7,13H,4-5,8-10H2,(H2,16,18)/t13-/m0/s1. The number of ketones is 1. The highest BCUT2D eigenvalue weighted by Gasteiger charge is 2.20. The Labute approximate surface area is 117 Å². The number of primary amides is 1. The number of unbranched alkanes of at least 4 members (excludes halogenated alkanes) is 1. The zero-order valence-electron chi connectivity index (χ0n) is 10.7. The van der Waals surface area contributed by atoms with Gasteiger partial charge in [-0.05, 0) is 31.2 Å². The van der Waals surface area contributed by atoms with E-state index in [1.165, 1.54) is 5.56 Å². The summed E-state index contributed by atoms with van der Waals surface area (Å²) in [5.41, 5.74) is 6.17. The minimum atomic E-state index is -0.938. The van der Waals surface area contributed by atoms with Gasteiger partial charge in [0.05, 0.1) is 5.88 Å². The van der Waals surface area contributed by atoms with Crippen LogP contribution in [0.1, 0.15) is 24.8 Å². The molecule has 5 heteroatoms. The van der Waals surface area contributed by atoms with Gasteiger partial charge < -0.3 is 10.5 Å². The maximum Gasteiger partial charge on any atom is 0.405 e. The number of rotatable bonds is 8. The van der Waals surface area contributed by atoms with Crippen LogP contribution in [0, 0.1) is 0 Å². The number of hydrogen-bond acceptors (Lipinski definition) is 3. The third-order valence-electron chi connectivity index (χ3n) is 2.77. The lowest BCUT2D eigenvalue weighted by Crippen LogP contribution is -2.30. The largest absolute Gasteiger partial charge is 0.438 e. The number of ether oxygens (including phenoxy) is 1. The smallest absolute Gasteiger partial charge is 0.405 e. The number of carbonyl (C=O) groups excluding carboxylic acids is 2. The predicted octanol–water partition coefficient (Wildman–Crippen LogP) is 2.67. The summed E-state index contributed by atoms with van der Waals surface area (Å²) in [6.07, 6.45) is 1.33. The minimum absolute atomic E-state index is 0.170. The molecule has 1 amide bonds. The average molecular weight is 284 g/mol. The summed E-state index contributed by atoms with van der Waals surface area (Å²) in [6, 6.07) is 10.1. The second-order valence-corrected chi connectivity index (χ2v) is 4.52. The Bertz CT molecular complexity index is 408. The van der Waals surface area contributed by atoms with Gasteiger partial charge in [0.2, 0.25) is 0 Å². The van der Waals surface area contributed by atoms with Crippen molar-refractivity contribution in [3.05, 3.63) is 35.9 Å². The number of amides is 1. The summed E-state index contributed by atoms with van der Waals surface area (Å²) in [7, 11) is 0. The van der Waals surface area contributed by atoms with Crippen molar-refractivity contribution in [2.45, 2.75) is 31.8 Å². The van der Waals surface area contributed by atoms with Crippen LogP contribution in [-0.4, -0.2) is 23.9 Å². The first-order valence-electron chi connectivity index (χ1n) is 6.22. The van der Waals surface area contributed by atoms with Crippen LogP contribution >= 0.6 is 11.6 Å². The Balaban J connectivity index is 2.32. The van der Waals surface area contributed by atoms with Crippen LogP contribution in [0.25, 0.3) is 0 Å². The highest BCUT2D eigenvalue weighted by atomic mass is 35.5. The van der Waals surface area contributed by atoms with E-state index in [4.69, 9.17) is 22.1 Å². The molecule has 1 rings (SSSR count). The van der Waals surface area contributed by atoms with Gasteiger partial charge in [0, 0.05) is 0 Å². The molecule has 2 N–H and O–H groups in total. The third-order valence-corrected chi connectivity index (χ3v) is 3.04. The molecule has 0 saturated carbocycles. The summed E-state index contributed by atoms with van der Waals surface area (Å²) in [5.74, 6) is -0.475. The quantitative estimate of drug-likeness (QED) is 0.589. The SMILES string of the molecule is NC(=O)O[C@@H](CCCCc1ccccc1)C(=O)CCl. The second-order valence-electron chi connectivity index (χ2n) is 4.26. The van der Waals surface area contributed by atoms with Gasteiger partial charge >= 0.3 is 6.09 Å². The molecule has 104 valence electrons. The third kappa shape index (κ3) is 6.25. The average Bonchev–Trinajstić information content (AvgIpc) is 2.42. The molecule has 0 heterocycles. The Morgan fingerprint density at radius 2 is 1.89 bits per heavy atom. The van der Waals surface area contributed by atoms with Crippen molar-refractivity contribution in [1.29, 1.82) is 0 Å². The molecule has 0 aliphatic carbocycles. The molecule has 0 spiro atoms. The van der Waals surface area contributed by atoms with Crippen LogP contribution < -0.4 is 5.73 Å². The van der Waals surface area contributed by atoms with Crippen LogP contribution in [0.4, 0.5) is 4.79 Å². The first kappa shape index (κ1) is 15.5. The first-order valence-corrected chi connectivity index (χ1v) is 6.75. The van der Waals surface area contributed by atoms with Crippen molar-refractivity contribution in [3.63, 3.8) is 0 Å². The maximum absolute atomic E-state index is 11.4. The molecule has 0 fully saturated rings. The lowest BCUT2D eigenvalue weighted by atomic mass is 10.0. The molecule has 0 saturated heterocycles. The number of benzene rings is 1. The lowest BCUT2D eigenvalue weighted by Gasteiger charge is -2.14. The van der Waals surface area contributed by atoms with Crippen molar-refractivity contribution in [2.24, 2.45) is 5.73 Å². The van der Waals surface area contributed by atoms with Crippen LogP contribution in [0.3, 0.4) is 0 Å². The fraction of sp³-hybridized carbons (Fsp3) is 0.429. The van der Waals surface area contributed by atoms with Crippen LogP contribution in [0.2, 0.25) is 0 Å². The van der Waals surface area contributed by atoms with E-state index in [9.17, 15) is 9.59 Å². The number of aryl methyl sites for hydroxylation is 1. The van der Waals surface area contributed by atoms with Crippen molar-refractivity contribution in [2.75, 3.05) is 5.88 Å². The van der Waals surface area contributed by atoms with Gasteiger partial charge in [0.1, 0.15) is 0 Å². The molecule has 4 nitrogen and oxygen atoms in total. The number of hydrogen-bond donors (Lipinski definition) is 1. The van der Waals surface area contributed by atoms with Gasteiger partial charge in [0.15, 0.2) is 11.9 Å². The molecule has 1 aromatic rings. The highest BCUT2D eigenvalue weighted by molar-refractivity contribution is 6.28. The van der Waals surface area contributed by atoms with E-state index < -0.39 is 12.2 Å². The summed E-state index contributed by atoms with van der Waals surface area (Å²) in [6.45, 7) is 0. The molecule has 0 aliphatic rings. The summed E-state index contributed by atoms with van der Waals surface area (Å²) in [4.78, 5) is 22.1. The van der Waals surface area contributed by atoms with Crippen molar-refractivity contribution < 1.29 is 14.3 Å². The molecular formula is C14H18ClNO3. The zero-order valence-corrected chi connectivity index (χ0v) is 11.4. The number of carbonyl (C=O) groups is 2. The molecule has 0 unspecified atom stereocenters. The normalized spacial score (nSPS) is 11.8. The van der Waals surface area contributed by atoms with E-state index in [1.807, 2.05) is 18.2 Å². The Morgan fingerprint density at radius 3 is 2.47 bits per heavy atom. The Hall–Kier alpha value is -1.55. The summed E-state index contributed by atoms with van der Waals surface area (Å²) < 4.78 is 4.76. The molecule has 0 bridgehead atoms. The highest BCUT2D eigenvalue weighted by Crippen LogP contribution is 2.11. The molecule has 1 aromatic carbocycles. The van der Waals surface area contributed by atoms with Crippen LogP contribution in [0.5, 0.6) is 0 Å². The van der Waals surface area contributed by atoms with E-state index in [-0.39, 0.29) is 11.7 Å². The molecule has 0 radical (unpaired) electrons. The lowest BCUT2D eigenvalue weighted by molar-refractivity contribution is -0.125. The summed E-state index contributed by atoms with van der Waals surface area (Å²) >= 11 is 5.46. The van der Waals surface area contributed by atoms with E-state index >= 15 is 0 Å². The fourth-order valence-corrected chi connectivity index (χ4v) is 1.99. The van der Waals surface area contributed by atoms with Gasteiger partial charge in [-0.25, -0.2) is 4.79 Å². The van der Waals surface area contributed by atoms with Crippen molar-refractivity contribution in [1.82, 2.24) is 0 Å². The maximum atomic E-state index is 11.4. The zero-order chi connectivity index (χ0) is 14.1. The monoisotopic (exact) mass is 283 g/mol. The van der Waals surface area contributed by atoms with Gasteiger partial charge in [-0.1, -0.05) is 30.3 Å². The van der Waals surface area contributed by atoms with Crippen LogP contribution in [0.15, 0.2) is 30.3 Å². The first-order chi connectivity index (χ1) is 9.13. The number of halogens is 1. The molecule has 1 atom stereocenters. The van der Waals surface area contributed by atoms with Crippen molar-refractivity contribution in [3.8, 4) is 0 Å². The molecule has 0 aliphatic heterocycles. The van der Waals surface area contributed by atoms with E-state index in [0.717, 1.165) is 19.3 Å². The molecule has 19 heavy (non-hydrogen) atoms. The topological polar surface area (TPSA) is 69.4 Å². The van der Waals surface area contributed by atoms with E-state index in [0.29, 0.717) is 6.42 Å². The van der Waals surface area contributed by atoms with Gasteiger partial charge in [0.25, 0.3) is 0 Å². The second kappa shape index (κ2) is 8.53. The molecule has 0 aromatic heterocycles. The van der Waals surface area contributed by atoms with Crippen molar-refractivity contribution >= 4 is 23.5 Å². The summed E-state index contributed by atoms with van der Waals surface area (Å²) in [5, 5.41) is 0. The van der Waals surface area contributed by atoms with E-state index in [1.54, 1.807) is 0 Å². The van der Waals surface area contributed by atoms with E-state index in [2.05, 4.69) is 12.1 Å². The molecular weight excluding hydrogens is 266 g/mol. The van der Waals surface area contributed by atoms with Gasteiger partial charge in [-0.3, -0.25) is 4.79 Å². The number of alkyl halides is 1. The van der Waals surface area contributed by atoms with Gasteiger partial charge in [-0.15, -0.1) is 11.6 Å².